The Labute approximate surface area is 216 Å². The van der Waals surface area contributed by atoms with Crippen LogP contribution in [0.3, 0.4) is 0 Å². The molecule has 0 fully saturated rings. The molecule has 0 radical (unpaired) electrons. The molecule has 6 rings (SSSR count). The summed E-state index contributed by atoms with van der Waals surface area (Å²) in [6, 6.07) is 17.0. The van der Waals surface area contributed by atoms with Gasteiger partial charge in [-0.1, -0.05) is 48.5 Å². The maximum absolute atomic E-state index is 14.7. The summed E-state index contributed by atoms with van der Waals surface area (Å²) in [6.07, 6.45) is 0. The molecule has 4 aromatic rings. The molecule has 0 unspecified atom stereocenters. The second kappa shape index (κ2) is 7.51. The zero-order valence-corrected chi connectivity index (χ0v) is 21.9. The van der Waals surface area contributed by atoms with Crippen LogP contribution in [-0.2, 0) is 10.8 Å². The summed E-state index contributed by atoms with van der Waals surface area (Å²) in [5.41, 5.74) is -2.13. The highest BCUT2D eigenvalue weighted by molar-refractivity contribution is 7.12. The van der Waals surface area contributed by atoms with Crippen LogP contribution in [0.25, 0.3) is 0 Å². The SMILES string of the molecule is Cc1cc(C2(C3(c4cc(C)sc4C)C(=O)c4ccccc4C3=O)C(=O)c3ccccc3C2=O)c(C)s1. The van der Waals surface area contributed by atoms with Gasteiger partial charge in [0.15, 0.2) is 23.1 Å². The highest BCUT2D eigenvalue weighted by atomic mass is 32.1. The number of carbonyl (C=O) groups excluding carboxylic acids is 4. The average molecular weight is 511 g/mol. The number of aryl methyl sites for hydroxylation is 4. The van der Waals surface area contributed by atoms with Gasteiger partial charge in [-0.15, -0.1) is 22.7 Å². The Kier molecular flexibility index (Phi) is 4.79. The van der Waals surface area contributed by atoms with Crippen LogP contribution in [0.4, 0.5) is 0 Å². The number of Topliss-reactive ketones (excluding diaryl/α,β-unsaturated/α-hetero) is 4. The second-order valence-corrected chi connectivity index (χ2v) is 12.5. The average Bonchev–Trinajstić information content (AvgIpc) is 3.52. The Hall–Kier alpha value is -3.48. The number of carbonyl (C=O) groups is 4. The Balaban J connectivity index is 1.85. The molecule has 0 saturated carbocycles. The maximum atomic E-state index is 14.7. The zero-order chi connectivity index (χ0) is 25.6. The van der Waals surface area contributed by atoms with E-state index in [1.807, 2.05) is 39.8 Å². The minimum Gasteiger partial charge on any atom is -0.293 e. The number of hydrogen-bond acceptors (Lipinski definition) is 6. The fourth-order valence-corrected chi connectivity index (χ4v) is 8.32. The second-order valence-electron chi connectivity index (χ2n) is 9.56. The summed E-state index contributed by atoms with van der Waals surface area (Å²) < 4.78 is 0. The van der Waals surface area contributed by atoms with Gasteiger partial charge in [-0.2, -0.15) is 0 Å². The summed E-state index contributed by atoms with van der Waals surface area (Å²) in [4.78, 5) is 62.1. The molecule has 0 spiro atoms. The normalized spacial score (nSPS) is 17.6. The van der Waals surface area contributed by atoms with Crippen molar-refractivity contribution in [2.24, 2.45) is 0 Å². The zero-order valence-electron chi connectivity index (χ0n) is 20.2. The third-order valence-corrected chi connectivity index (χ3v) is 9.58. The Morgan fingerprint density at radius 2 is 0.778 bits per heavy atom. The molecule has 2 aliphatic carbocycles. The van der Waals surface area contributed by atoms with Gasteiger partial charge in [0, 0.05) is 41.8 Å². The van der Waals surface area contributed by atoms with Crippen molar-refractivity contribution < 1.29 is 19.2 Å². The van der Waals surface area contributed by atoms with Crippen LogP contribution in [-0.4, -0.2) is 23.1 Å². The van der Waals surface area contributed by atoms with Crippen LogP contribution in [0.1, 0.15) is 72.1 Å². The predicted molar refractivity (Wildman–Crippen MR) is 141 cm³/mol. The van der Waals surface area contributed by atoms with Gasteiger partial charge in [0.1, 0.15) is 10.8 Å². The number of hydrogen-bond donors (Lipinski definition) is 0. The summed E-state index contributed by atoms with van der Waals surface area (Å²) in [5, 5.41) is 0. The molecule has 0 saturated heterocycles. The summed E-state index contributed by atoms with van der Waals surface area (Å²) >= 11 is 2.92. The van der Waals surface area contributed by atoms with Gasteiger partial charge >= 0.3 is 0 Å². The van der Waals surface area contributed by atoms with E-state index < -0.39 is 34.0 Å². The first-order valence-electron chi connectivity index (χ1n) is 11.7. The quantitative estimate of drug-likeness (QED) is 0.300. The first kappa shape index (κ1) is 23.0. The van der Waals surface area contributed by atoms with Crippen molar-refractivity contribution in [1.29, 1.82) is 0 Å². The van der Waals surface area contributed by atoms with Crippen LogP contribution in [0.5, 0.6) is 0 Å². The first-order chi connectivity index (χ1) is 17.2. The van der Waals surface area contributed by atoms with Crippen LogP contribution in [0, 0.1) is 27.7 Å². The number of rotatable bonds is 3. The van der Waals surface area contributed by atoms with Gasteiger partial charge in [0.2, 0.25) is 0 Å². The fraction of sp³-hybridized carbons (Fsp3) is 0.200. The van der Waals surface area contributed by atoms with E-state index in [1.165, 1.54) is 22.7 Å². The smallest absolute Gasteiger partial charge is 0.183 e. The third-order valence-electron chi connectivity index (χ3n) is 7.65. The van der Waals surface area contributed by atoms with Gasteiger partial charge < -0.3 is 0 Å². The van der Waals surface area contributed by atoms with Crippen LogP contribution in [0.2, 0.25) is 0 Å². The largest absolute Gasteiger partial charge is 0.293 e. The van der Waals surface area contributed by atoms with E-state index in [2.05, 4.69) is 0 Å². The number of ketones is 4. The van der Waals surface area contributed by atoms with E-state index in [9.17, 15) is 19.2 Å². The summed E-state index contributed by atoms with van der Waals surface area (Å²) in [7, 11) is 0. The fourth-order valence-electron chi connectivity index (χ4n) is 6.35. The number of thiophene rings is 2. The molecular weight excluding hydrogens is 488 g/mol. The van der Waals surface area contributed by atoms with Gasteiger partial charge in [0.05, 0.1) is 0 Å². The Morgan fingerprint density at radius 1 is 0.500 bits per heavy atom. The van der Waals surface area contributed by atoms with Crippen molar-refractivity contribution in [1.82, 2.24) is 0 Å². The van der Waals surface area contributed by atoms with E-state index in [1.54, 1.807) is 48.5 Å². The van der Waals surface area contributed by atoms with Gasteiger partial charge in [-0.05, 0) is 51.0 Å². The molecule has 2 heterocycles. The lowest BCUT2D eigenvalue weighted by Gasteiger charge is -2.42. The van der Waals surface area contributed by atoms with Crippen molar-refractivity contribution >= 4 is 45.8 Å². The van der Waals surface area contributed by atoms with E-state index >= 15 is 0 Å². The Bertz CT molecular complexity index is 1470. The molecule has 4 nitrogen and oxygen atoms in total. The molecule has 0 N–H and O–H groups in total. The Morgan fingerprint density at radius 3 is 1.00 bits per heavy atom. The molecule has 0 atom stereocenters. The van der Waals surface area contributed by atoms with Crippen molar-refractivity contribution in [2.75, 3.05) is 0 Å². The van der Waals surface area contributed by atoms with Crippen LogP contribution < -0.4 is 0 Å². The lowest BCUT2D eigenvalue weighted by molar-refractivity contribution is 0.0557. The van der Waals surface area contributed by atoms with Gasteiger partial charge in [0.25, 0.3) is 0 Å². The molecule has 36 heavy (non-hydrogen) atoms. The molecule has 0 aliphatic heterocycles. The minimum atomic E-state index is -2.03. The van der Waals surface area contributed by atoms with Crippen molar-refractivity contribution in [3.8, 4) is 0 Å². The van der Waals surface area contributed by atoms with Gasteiger partial charge in [-0.3, -0.25) is 19.2 Å². The molecule has 178 valence electrons. The summed E-state index contributed by atoms with van der Waals surface area (Å²) in [6.45, 7) is 7.53. The highest BCUT2D eigenvalue weighted by Gasteiger charge is 2.75. The lowest BCUT2D eigenvalue weighted by Crippen LogP contribution is -2.62. The minimum absolute atomic E-state index is 0.256. The third kappa shape index (κ3) is 2.48. The molecule has 2 aromatic carbocycles. The van der Waals surface area contributed by atoms with E-state index in [4.69, 9.17) is 0 Å². The van der Waals surface area contributed by atoms with E-state index in [0.29, 0.717) is 11.1 Å². The molecular formula is C30H22O4S2. The van der Waals surface area contributed by atoms with Gasteiger partial charge in [-0.25, -0.2) is 0 Å². The standard InChI is InChI=1S/C30H22O4S2/c1-15-13-23(17(3)35-15)29(25(31)19-9-5-6-10-20(19)26(29)32)30(24-14-16(2)36-18(24)4)27(33)21-11-7-8-12-22(21)28(30)34/h5-14H,1-4H3. The molecule has 2 aliphatic rings. The monoisotopic (exact) mass is 510 g/mol. The first-order valence-corrected chi connectivity index (χ1v) is 13.3. The van der Waals surface area contributed by atoms with E-state index in [-0.39, 0.29) is 22.3 Å². The predicted octanol–water partition coefficient (Wildman–Crippen LogP) is 6.38. The number of benzene rings is 2. The summed E-state index contributed by atoms with van der Waals surface area (Å²) in [5.74, 6) is -1.94. The topological polar surface area (TPSA) is 68.3 Å². The maximum Gasteiger partial charge on any atom is 0.183 e. The molecule has 0 amide bonds. The van der Waals surface area contributed by atoms with Crippen LogP contribution in [0.15, 0.2) is 60.7 Å². The lowest BCUT2D eigenvalue weighted by atomic mass is 9.52. The van der Waals surface area contributed by atoms with Crippen molar-refractivity contribution in [3.63, 3.8) is 0 Å². The molecule has 6 heteroatoms. The van der Waals surface area contributed by atoms with Crippen LogP contribution >= 0.6 is 22.7 Å². The van der Waals surface area contributed by atoms with Crippen molar-refractivity contribution in [3.05, 3.63) is 114 Å². The number of fused-ring (bicyclic) bond motifs is 2. The van der Waals surface area contributed by atoms with Crippen molar-refractivity contribution in [2.45, 2.75) is 38.5 Å². The highest BCUT2D eigenvalue weighted by Crippen LogP contribution is 2.60. The molecule has 0 bridgehead atoms. The van der Waals surface area contributed by atoms with E-state index in [0.717, 1.165) is 19.5 Å². The molecule has 2 aromatic heterocycles.